The normalized spacial score (nSPS) is 9.55. The standard InChI is InChI=1S/C6H4BrN3.Ag/c7-4-1-2-5-6(3-4)9-10-8-5;/h1-3H,(H,8,9,10);. The fourth-order valence-corrected chi connectivity index (χ4v) is 1.16. The van der Waals surface area contributed by atoms with Crippen molar-refractivity contribution in [3.05, 3.63) is 22.7 Å². The molecule has 0 aliphatic carbocycles. The van der Waals surface area contributed by atoms with Gasteiger partial charge in [-0.1, -0.05) is 21.1 Å². The van der Waals surface area contributed by atoms with Crippen LogP contribution in [0.1, 0.15) is 0 Å². The van der Waals surface area contributed by atoms with Crippen LogP contribution in [0.4, 0.5) is 0 Å². The summed E-state index contributed by atoms with van der Waals surface area (Å²) in [5.41, 5.74) is 1.84. The van der Waals surface area contributed by atoms with E-state index in [1.807, 2.05) is 18.2 Å². The van der Waals surface area contributed by atoms with Crippen LogP contribution >= 0.6 is 15.9 Å². The molecule has 1 aromatic heterocycles. The average molecular weight is 306 g/mol. The Bertz CT molecular complexity index is 359. The molecule has 0 atom stereocenters. The van der Waals surface area contributed by atoms with Crippen molar-refractivity contribution in [1.29, 1.82) is 0 Å². The van der Waals surface area contributed by atoms with Gasteiger partial charge in [-0.05, 0) is 18.2 Å². The Morgan fingerprint density at radius 1 is 1.36 bits per heavy atom. The smallest absolute Gasteiger partial charge is 0.114 e. The molecule has 0 aliphatic rings. The summed E-state index contributed by atoms with van der Waals surface area (Å²) in [6.45, 7) is 0. The van der Waals surface area contributed by atoms with Crippen molar-refractivity contribution in [2.24, 2.45) is 0 Å². The zero-order valence-electron chi connectivity index (χ0n) is 5.31. The van der Waals surface area contributed by atoms with Crippen LogP contribution in [0.25, 0.3) is 11.0 Å². The molecule has 0 fully saturated rings. The summed E-state index contributed by atoms with van der Waals surface area (Å²) in [5, 5.41) is 10.3. The van der Waals surface area contributed by atoms with Gasteiger partial charge in [0.2, 0.25) is 0 Å². The van der Waals surface area contributed by atoms with Gasteiger partial charge >= 0.3 is 0 Å². The van der Waals surface area contributed by atoms with E-state index in [4.69, 9.17) is 0 Å². The Morgan fingerprint density at radius 3 is 3.00 bits per heavy atom. The Morgan fingerprint density at radius 2 is 2.18 bits per heavy atom. The second kappa shape index (κ2) is 3.49. The molecule has 5 heteroatoms. The number of rotatable bonds is 0. The van der Waals surface area contributed by atoms with Gasteiger partial charge in [0, 0.05) is 26.9 Å². The van der Waals surface area contributed by atoms with E-state index < -0.39 is 0 Å². The van der Waals surface area contributed by atoms with E-state index in [1.165, 1.54) is 0 Å². The number of aromatic amines is 1. The van der Waals surface area contributed by atoms with Crippen LogP contribution in [-0.4, -0.2) is 15.4 Å². The van der Waals surface area contributed by atoms with E-state index >= 15 is 0 Å². The monoisotopic (exact) mass is 304 g/mol. The van der Waals surface area contributed by atoms with Crippen LogP contribution in [-0.2, 0) is 22.4 Å². The number of halogens is 1. The van der Waals surface area contributed by atoms with Gasteiger partial charge in [0.15, 0.2) is 0 Å². The molecule has 1 aromatic carbocycles. The quantitative estimate of drug-likeness (QED) is 0.753. The molecule has 11 heavy (non-hydrogen) atoms. The van der Waals surface area contributed by atoms with Crippen molar-refractivity contribution in [1.82, 2.24) is 15.4 Å². The molecule has 0 aliphatic heterocycles. The summed E-state index contributed by atoms with van der Waals surface area (Å²) in [7, 11) is 0. The molecular formula is C6H4AgBrN3. The Hall–Kier alpha value is -0.160. The maximum atomic E-state index is 3.84. The van der Waals surface area contributed by atoms with Crippen LogP contribution < -0.4 is 0 Å². The van der Waals surface area contributed by atoms with Crippen LogP contribution in [0.2, 0.25) is 0 Å². The third-order valence-corrected chi connectivity index (χ3v) is 1.78. The molecule has 2 aromatic rings. The predicted molar refractivity (Wildman–Crippen MR) is 41.6 cm³/mol. The molecular weight excluding hydrogens is 302 g/mol. The number of aromatic nitrogens is 3. The first-order chi connectivity index (χ1) is 4.86. The Balaban J connectivity index is 0.000000605. The molecule has 0 spiro atoms. The van der Waals surface area contributed by atoms with Crippen LogP contribution in [0.3, 0.4) is 0 Å². The summed E-state index contributed by atoms with van der Waals surface area (Å²) >= 11 is 3.34. The summed E-state index contributed by atoms with van der Waals surface area (Å²) in [4.78, 5) is 0. The molecule has 3 nitrogen and oxygen atoms in total. The number of hydrogen-bond acceptors (Lipinski definition) is 2. The maximum absolute atomic E-state index is 3.84. The minimum Gasteiger partial charge on any atom is -0.258 e. The van der Waals surface area contributed by atoms with Crippen LogP contribution in [0.15, 0.2) is 22.7 Å². The largest absolute Gasteiger partial charge is 0.258 e. The maximum Gasteiger partial charge on any atom is 0.114 e. The number of nitrogens with zero attached hydrogens (tertiary/aromatic N) is 2. The molecule has 1 radical (unpaired) electrons. The first kappa shape index (κ1) is 8.93. The Kier molecular flexibility index (Phi) is 2.84. The molecule has 1 heterocycles. The number of fused-ring (bicyclic) bond motifs is 1. The average Bonchev–Trinajstić information content (AvgIpc) is 2.33. The molecule has 2 rings (SSSR count). The van der Waals surface area contributed by atoms with Crippen molar-refractivity contribution in [3.8, 4) is 0 Å². The summed E-state index contributed by atoms with van der Waals surface area (Å²) in [6, 6.07) is 5.79. The molecule has 0 unspecified atom stereocenters. The fourth-order valence-electron chi connectivity index (χ4n) is 0.815. The molecule has 61 valence electrons. The fraction of sp³-hybridized carbons (Fsp3) is 0. The zero-order valence-corrected chi connectivity index (χ0v) is 8.37. The van der Waals surface area contributed by atoms with Crippen molar-refractivity contribution in [2.75, 3.05) is 0 Å². The third kappa shape index (κ3) is 1.70. The number of hydrogen-bond donors (Lipinski definition) is 1. The molecule has 0 saturated carbocycles. The molecule has 1 N–H and O–H groups in total. The topological polar surface area (TPSA) is 41.6 Å². The number of benzene rings is 1. The van der Waals surface area contributed by atoms with Gasteiger partial charge in [0.05, 0.1) is 5.52 Å². The van der Waals surface area contributed by atoms with Crippen LogP contribution in [0.5, 0.6) is 0 Å². The van der Waals surface area contributed by atoms with Gasteiger partial charge in [-0.3, -0.25) is 5.10 Å². The van der Waals surface area contributed by atoms with Gasteiger partial charge < -0.3 is 0 Å². The second-order valence-electron chi connectivity index (χ2n) is 1.97. The first-order valence-electron chi connectivity index (χ1n) is 2.82. The van der Waals surface area contributed by atoms with Gasteiger partial charge in [-0.2, -0.15) is 0 Å². The van der Waals surface area contributed by atoms with Crippen molar-refractivity contribution in [3.63, 3.8) is 0 Å². The molecule has 0 amide bonds. The van der Waals surface area contributed by atoms with E-state index in [-0.39, 0.29) is 22.4 Å². The first-order valence-corrected chi connectivity index (χ1v) is 3.62. The minimum absolute atomic E-state index is 0. The second-order valence-corrected chi connectivity index (χ2v) is 2.89. The van der Waals surface area contributed by atoms with Gasteiger partial charge in [0.1, 0.15) is 5.52 Å². The van der Waals surface area contributed by atoms with Crippen LogP contribution in [0, 0.1) is 0 Å². The molecule has 0 bridgehead atoms. The summed E-state index contributed by atoms with van der Waals surface area (Å²) in [6.07, 6.45) is 0. The van der Waals surface area contributed by atoms with Gasteiger partial charge in [0.25, 0.3) is 0 Å². The SMILES string of the molecule is Brc1ccc2[nH]nnc2c1.[Ag]. The van der Waals surface area contributed by atoms with E-state index in [1.54, 1.807) is 0 Å². The minimum atomic E-state index is 0. The number of nitrogens with one attached hydrogen (secondary N) is 1. The van der Waals surface area contributed by atoms with Crippen molar-refractivity contribution in [2.45, 2.75) is 0 Å². The van der Waals surface area contributed by atoms with Crippen molar-refractivity contribution >= 4 is 27.0 Å². The Labute approximate surface area is 87.2 Å². The summed E-state index contributed by atoms with van der Waals surface area (Å²) in [5.74, 6) is 0. The van der Waals surface area contributed by atoms with Gasteiger partial charge in [-0.15, -0.1) is 5.10 Å². The number of H-pyrrole nitrogens is 1. The summed E-state index contributed by atoms with van der Waals surface area (Å²) < 4.78 is 1.02. The zero-order chi connectivity index (χ0) is 6.97. The molecule has 0 saturated heterocycles. The predicted octanol–water partition coefficient (Wildman–Crippen LogP) is 1.72. The van der Waals surface area contributed by atoms with E-state index in [2.05, 4.69) is 31.3 Å². The van der Waals surface area contributed by atoms with Crippen molar-refractivity contribution < 1.29 is 22.4 Å². The van der Waals surface area contributed by atoms with E-state index in [0.29, 0.717) is 0 Å². The third-order valence-electron chi connectivity index (χ3n) is 1.29. The van der Waals surface area contributed by atoms with Gasteiger partial charge in [-0.25, -0.2) is 0 Å². The van der Waals surface area contributed by atoms with E-state index in [9.17, 15) is 0 Å². The van der Waals surface area contributed by atoms with E-state index in [0.717, 1.165) is 15.5 Å².